The van der Waals surface area contributed by atoms with E-state index in [1.807, 2.05) is 0 Å². The summed E-state index contributed by atoms with van der Waals surface area (Å²) in [4.78, 5) is 13.4. The van der Waals surface area contributed by atoms with Crippen LogP contribution < -0.4 is 0 Å². The number of aliphatic hydroxyl groups excluding tert-OH is 2. The van der Waals surface area contributed by atoms with E-state index in [-0.39, 0.29) is 11.5 Å². The smallest absolute Gasteiger partial charge is 0.335 e. The van der Waals surface area contributed by atoms with Crippen molar-refractivity contribution >= 4 is 5.97 Å². The van der Waals surface area contributed by atoms with Gasteiger partial charge in [0.2, 0.25) is 0 Å². The number of aliphatic hydroxyl groups is 2. The molecule has 0 heterocycles. The van der Waals surface area contributed by atoms with Crippen molar-refractivity contribution < 1.29 is 19.7 Å². The normalized spacial score (nSPS) is 33.8. The van der Waals surface area contributed by atoms with Crippen molar-refractivity contribution in [2.75, 3.05) is 0 Å². The molecular formula is C45H80O4. The van der Waals surface area contributed by atoms with E-state index >= 15 is 0 Å². The van der Waals surface area contributed by atoms with Crippen molar-refractivity contribution in [1.29, 1.82) is 0 Å². The molecule has 4 rings (SSSR count). The predicted octanol–water partition coefficient (Wildman–Crippen LogP) is 12.1. The molecule has 49 heavy (non-hydrogen) atoms. The minimum atomic E-state index is -1.06. The lowest BCUT2D eigenvalue weighted by Crippen LogP contribution is -2.57. The van der Waals surface area contributed by atoms with Gasteiger partial charge in [-0.1, -0.05) is 162 Å². The van der Waals surface area contributed by atoms with E-state index in [2.05, 4.69) is 47.6 Å². The minimum Gasteiger partial charge on any atom is -0.459 e. The SMILES string of the molecule is CCCCCCCCCCCCCCCCC(O)C(=O)OC1C[C@H](O)CC2=CC[C@H]3[C@@H]4CC[C@H]([C@H](C)CCCC(C)C)[C@@]4(C)CC[C@@H]3[C@]21C. The highest BCUT2D eigenvalue weighted by Crippen LogP contribution is 2.67. The predicted molar refractivity (Wildman–Crippen MR) is 205 cm³/mol. The van der Waals surface area contributed by atoms with Crippen LogP contribution in [-0.4, -0.2) is 34.5 Å². The second-order valence-corrected chi connectivity index (χ2v) is 18.6. The topological polar surface area (TPSA) is 66.8 Å². The van der Waals surface area contributed by atoms with E-state index in [1.54, 1.807) is 0 Å². The van der Waals surface area contributed by atoms with E-state index in [4.69, 9.17) is 4.74 Å². The molecule has 0 radical (unpaired) electrons. The fourth-order valence-corrected chi connectivity index (χ4v) is 11.7. The summed E-state index contributed by atoms with van der Waals surface area (Å²) in [7, 11) is 0. The first-order chi connectivity index (χ1) is 23.5. The van der Waals surface area contributed by atoms with Crippen molar-refractivity contribution in [1.82, 2.24) is 0 Å². The molecule has 0 saturated heterocycles. The number of hydrogen-bond donors (Lipinski definition) is 2. The van der Waals surface area contributed by atoms with Crippen LogP contribution in [0.4, 0.5) is 0 Å². The first-order valence-corrected chi connectivity index (χ1v) is 21.8. The Labute approximate surface area is 303 Å². The van der Waals surface area contributed by atoms with Crippen LogP contribution in [0.15, 0.2) is 11.6 Å². The third kappa shape index (κ3) is 10.6. The molecule has 0 aromatic heterocycles. The van der Waals surface area contributed by atoms with E-state index in [0.29, 0.717) is 36.5 Å². The van der Waals surface area contributed by atoms with Crippen LogP contribution in [0.2, 0.25) is 0 Å². The summed E-state index contributed by atoms with van der Waals surface area (Å²) in [5.74, 6) is 3.76. The molecule has 0 aromatic carbocycles. The lowest BCUT2D eigenvalue weighted by atomic mass is 9.46. The summed E-state index contributed by atoms with van der Waals surface area (Å²) in [5, 5.41) is 21.8. The Bertz CT molecular complexity index is 1000. The summed E-state index contributed by atoms with van der Waals surface area (Å²) in [6.07, 6.45) is 30.6. The molecule has 3 fully saturated rings. The van der Waals surface area contributed by atoms with Crippen molar-refractivity contribution in [3.05, 3.63) is 11.6 Å². The van der Waals surface area contributed by atoms with Gasteiger partial charge in [-0.25, -0.2) is 4.79 Å². The standard InChI is InChI=1S/C45H80O4/c1-7-8-9-10-11-12-13-14-15-16-17-18-19-20-24-41(47)43(48)49-42-32-36(46)31-35-25-26-37-39-28-27-38(34(4)23-21-22-33(2)3)44(39,5)30-29-40(37)45(35,42)6/h25,33-34,36-42,46-47H,7-24,26-32H2,1-6H3/t34-,36-,37+,38-,39+,40+,41?,42?,44-,45+/m1/s1. The van der Waals surface area contributed by atoms with E-state index in [1.165, 1.54) is 128 Å². The van der Waals surface area contributed by atoms with Gasteiger partial charge in [-0.15, -0.1) is 0 Å². The number of ether oxygens (including phenoxy) is 1. The largest absolute Gasteiger partial charge is 0.459 e. The number of unbranched alkanes of at least 4 members (excludes halogenated alkanes) is 13. The molecule has 4 nitrogen and oxygen atoms in total. The molecule has 2 N–H and O–H groups in total. The molecule has 10 atom stereocenters. The van der Waals surface area contributed by atoms with Crippen molar-refractivity contribution in [3.8, 4) is 0 Å². The van der Waals surface area contributed by atoms with Gasteiger partial charge >= 0.3 is 5.97 Å². The maximum Gasteiger partial charge on any atom is 0.335 e. The van der Waals surface area contributed by atoms with Gasteiger partial charge in [-0.05, 0) is 85.9 Å². The quantitative estimate of drug-likeness (QED) is 0.0676. The van der Waals surface area contributed by atoms with Gasteiger partial charge in [0.15, 0.2) is 6.10 Å². The Kier molecular flexibility index (Phi) is 16.5. The highest BCUT2D eigenvalue weighted by atomic mass is 16.6. The molecular weight excluding hydrogens is 604 g/mol. The number of allylic oxidation sites excluding steroid dienone is 1. The lowest BCUT2D eigenvalue weighted by molar-refractivity contribution is -0.178. The average Bonchev–Trinajstić information content (AvgIpc) is 3.42. The first-order valence-electron chi connectivity index (χ1n) is 21.8. The van der Waals surface area contributed by atoms with Crippen LogP contribution in [0, 0.1) is 46.3 Å². The third-order valence-corrected chi connectivity index (χ3v) is 14.7. The fraction of sp³-hybridized carbons (Fsp3) is 0.933. The summed E-state index contributed by atoms with van der Waals surface area (Å²) in [6, 6.07) is 0. The van der Waals surface area contributed by atoms with Crippen LogP contribution in [0.5, 0.6) is 0 Å². The monoisotopic (exact) mass is 685 g/mol. The zero-order chi connectivity index (χ0) is 35.4. The summed E-state index contributed by atoms with van der Waals surface area (Å²) < 4.78 is 6.28. The van der Waals surface area contributed by atoms with Gasteiger partial charge in [-0.3, -0.25) is 0 Å². The Balaban J connectivity index is 1.23. The molecule has 0 aromatic rings. The van der Waals surface area contributed by atoms with Gasteiger partial charge in [0.1, 0.15) is 6.10 Å². The molecule has 0 spiro atoms. The van der Waals surface area contributed by atoms with Gasteiger partial charge in [0, 0.05) is 11.8 Å². The highest BCUT2D eigenvalue weighted by Gasteiger charge is 2.61. The van der Waals surface area contributed by atoms with E-state index < -0.39 is 18.2 Å². The van der Waals surface area contributed by atoms with Gasteiger partial charge in [0.25, 0.3) is 0 Å². The van der Waals surface area contributed by atoms with Gasteiger partial charge in [0.05, 0.1) is 6.10 Å². The Morgan fingerprint density at radius 1 is 0.816 bits per heavy atom. The second kappa shape index (κ2) is 19.8. The van der Waals surface area contributed by atoms with Gasteiger partial charge < -0.3 is 14.9 Å². The molecule has 284 valence electrons. The number of esters is 1. The zero-order valence-electron chi connectivity index (χ0n) is 33.2. The molecule has 0 bridgehead atoms. The van der Waals surface area contributed by atoms with Crippen LogP contribution in [0.1, 0.15) is 202 Å². The minimum absolute atomic E-state index is 0.241. The Morgan fingerprint density at radius 3 is 2.04 bits per heavy atom. The lowest BCUT2D eigenvalue weighted by Gasteiger charge is -2.60. The summed E-state index contributed by atoms with van der Waals surface area (Å²) >= 11 is 0. The zero-order valence-corrected chi connectivity index (χ0v) is 33.2. The molecule has 4 heteroatoms. The molecule has 0 amide bonds. The van der Waals surface area contributed by atoms with E-state index in [0.717, 1.165) is 42.9 Å². The number of carbonyl (C=O) groups is 1. The molecule has 3 saturated carbocycles. The summed E-state index contributed by atoms with van der Waals surface area (Å²) in [5.41, 5.74) is 1.48. The van der Waals surface area contributed by atoms with Crippen molar-refractivity contribution in [2.45, 2.75) is 220 Å². The molecule has 4 aliphatic carbocycles. The van der Waals surface area contributed by atoms with Gasteiger partial charge in [-0.2, -0.15) is 0 Å². The molecule has 0 aliphatic heterocycles. The van der Waals surface area contributed by atoms with Crippen molar-refractivity contribution in [2.24, 2.45) is 46.3 Å². The first kappa shape index (κ1) is 40.9. The maximum absolute atomic E-state index is 13.4. The van der Waals surface area contributed by atoms with Crippen molar-refractivity contribution in [3.63, 3.8) is 0 Å². The van der Waals surface area contributed by atoms with E-state index in [9.17, 15) is 15.0 Å². The number of fused-ring (bicyclic) bond motifs is 5. The van der Waals surface area contributed by atoms with Crippen LogP contribution in [0.25, 0.3) is 0 Å². The second-order valence-electron chi connectivity index (χ2n) is 18.6. The Hall–Kier alpha value is -0.870. The molecule has 2 unspecified atom stereocenters. The Morgan fingerprint density at radius 2 is 1.43 bits per heavy atom. The average molecular weight is 685 g/mol. The third-order valence-electron chi connectivity index (χ3n) is 14.7. The van der Waals surface area contributed by atoms with Crippen LogP contribution in [-0.2, 0) is 9.53 Å². The molecule has 4 aliphatic rings. The fourth-order valence-electron chi connectivity index (χ4n) is 11.7. The summed E-state index contributed by atoms with van der Waals surface area (Å²) in [6.45, 7) is 14.5. The maximum atomic E-state index is 13.4. The number of carbonyl (C=O) groups excluding carboxylic acids is 1. The number of rotatable bonds is 22. The highest BCUT2D eigenvalue weighted by molar-refractivity contribution is 5.74. The van der Waals surface area contributed by atoms with Crippen LogP contribution in [0.3, 0.4) is 0 Å². The van der Waals surface area contributed by atoms with Crippen LogP contribution >= 0.6 is 0 Å². The number of hydrogen-bond acceptors (Lipinski definition) is 4.